The highest BCUT2D eigenvalue weighted by Crippen LogP contribution is 2.54. The SMILES string of the molecule is CCCCCc1cc2c3c(c1)N(c1c(-c4ccccc4)cccc1-c1ccccc1)c1cc(-n4c5ccc(C(C)(C)C)cc5c5cc(C(C)(C)C)ccc54)ccc1B3c1ccc(-n3c4ccc(C(C)(C)C)cc4c4cc(C(C)(C)C)ccc43)cc1N2c1c(-c2ccccc2)cccc1-c1ccccc1. The zero-order valence-electron chi connectivity index (χ0n) is 62.8. The van der Waals surface area contributed by atoms with E-state index < -0.39 is 0 Å². The molecule has 0 aliphatic carbocycles. The first kappa shape index (κ1) is 66.4. The number of anilines is 6. The Bertz CT molecular complexity index is 5240. The number of para-hydroxylation sites is 2. The monoisotopic (exact) mass is 1350 g/mol. The largest absolute Gasteiger partial charge is 0.310 e. The molecule has 0 spiro atoms. The van der Waals surface area contributed by atoms with E-state index in [1.165, 1.54) is 121 Å². The average molecular weight is 1350 g/mol. The van der Waals surface area contributed by atoms with Crippen LogP contribution in [0.1, 0.15) is 137 Å². The summed E-state index contributed by atoms with van der Waals surface area (Å²) in [6, 6.07) is 108. The van der Waals surface area contributed by atoms with E-state index in [-0.39, 0.29) is 28.4 Å². The number of benzene rings is 13. The quantitative estimate of drug-likeness (QED) is 0.0895. The average Bonchev–Trinajstić information content (AvgIpc) is 0.779. The molecule has 0 N–H and O–H groups in total. The van der Waals surface area contributed by atoms with Gasteiger partial charge in [-0.05, 0) is 186 Å². The number of unbranched alkanes of at least 4 members (excludes halogenated alkanes) is 2. The van der Waals surface area contributed by atoms with Gasteiger partial charge < -0.3 is 18.9 Å². The summed E-state index contributed by atoms with van der Waals surface area (Å²) in [5.41, 5.74) is 33.6. The standard InChI is InChI=1S/C99H93BN4/c1-14-15-20-31-64-56-91-93-92(57-64)104(95-77(67-36-25-18-26-37-67)42-30-43-78(95)68-38-27-19-28-39-68)90-63-74(102-87-54-46-71(98(8,9)10)60-81(87)82-61-72(99(11,12)13)47-55-88(82)102)49-51-84(90)100(93)83-50-48-73(101-85-52-44-69(96(2,3)4)58-79(85)80-59-70(97(5,6)7)45-53-86(80)101)62-89(83)103(91)94-75(65-32-21-16-22-33-65)40-29-41-76(94)66-34-23-17-24-35-66/h16-19,21-30,32-63H,14-15,20,31H2,1-13H3. The lowest BCUT2D eigenvalue weighted by Crippen LogP contribution is -2.61. The molecule has 2 aromatic heterocycles. The number of hydrogen-bond donors (Lipinski definition) is 0. The van der Waals surface area contributed by atoms with Crippen molar-refractivity contribution in [2.24, 2.45) is 0 Å². The van der Waals surface area contributed by atoms with Crippen molar-refractivity contribution in [1.29, 1.82) is 0 Å². The minimum Gasteiger partial charge on any atom is -0.310 e. The van der Waals surface area contributed by atoms with Crippen LogP contribution in [0.2, 0.25) is 0 Å². The number of nitrogens with zero attached hydrogens (tertiary/aromatic N) is 4. The zero-order chi connectivity index (χ0) is 71.7. The normalized spacial score (nSPS) is 13.1. The van der Waals surface area contributed by atoms with Gasteiger partial charge in [0.25, 0.3) is 6.71 Å². The second kappa shape index (κ2) is 25.2. The second-order valence-electron chi connectivity index (χ2n) is 33.6. The van der Waals surface area contributed by atoms with Crippen LogP contribution in [0.25, 0.3) is 99.5 Å². The molecule has 2 aliphatic heterocycles. The van der Waals surface area contributed by atoms with E-state index in [2.05, 4.69) is 388 Å². The van der Waals surface area contributed by atoms with Gasteiger partial charge in [0.2, 0.25) is 0 Å². The summed E-state index contributed by atoms with van der Waals surface area (Å²) in [5, 5.41) is 5.10. The van der Waals surface area contributed by atoms with Gasteiger partial charge in [-0.2, -0.15) is 0 Å². The molecule has 4 heterocycles. The van der Waals surface area contributed by atoms with Gasteiger partial charge in [0.05, 0.1) is 33.4 Å². The molecule has 0 saturated heterocycles. The molecular formula is C99H93BN4. The van der Waals surface area contributed by atoms with Gasteiger partial charge in [0.1, 0.15) is 0 Å². The summed E-state index contributed by atoms with van der Waals surface area (Å²) in [4.78, 5) is 5.47. The van der Waals surface area contributed by atoms with Gasteiger partial charge in [-0.1, -0.05) is 297 Å². The summed E-state index contributed by atoms with van der Waals surface area (Å²) < 4.78 is 5.14. The first-order valence-corrected chi connectivity index (χ1v) is 37.8. The Hall–Kier alpha value is -10.9. The third-order valence-electron chi connectivity index (χ3n) is 22.5. The molecule has 0 atom stereocenters. The molecule has 17 rings (SSSR count). The molecule has 0 amide bonds. The third-order valence-corrected chi connectivity index (χ3v) is 22.5. The van der Waals surface area contributed by atoms with E-state index in [9.17, 15) is 0 Å². The Morgan fingerprint density at radius 1 is 0.288 bits per heavy atom. The maximum Gasteiger partial charge on any atom is 0.252 e. The minimum atomic E-state index is -0.206. The molecule has 0 saturated carbocycles. The summed E-state index contributed by atoms with van der Waals surface area (Å²) in [7, 11) is 0. The van der Waals surface area contributed by atoms with Gasteiger partial charge in [-0.25, -0.2) is 0 Å². The predicted molar refractivity (Wildman–Crippen MR) is 449 cm³/mol. The molecule has 15 aromatic rings. The van der Waals surface area contributed by atoms with Crippen molar-refractivity contribution in [3.8, 4) is 55.9 Å². The molecule has 13 aromatic carbocycles. The highest BCUT2D eigenvalue weighted by Gasteiger charge is 2.46. The maximum absolute atomic E-state index is 2.74. The van der Waals surface area contributed by atoms with Crippen LogP contribution in [0.5, 0.6) is 0 Å². The first-order chi connectivity index (χ1) is 50.1. The van der Waals surface area contributed by atoms with Crippen LogP contribution in [0, 0.1) is 0 Å². The van der Waals surface area contributed by atoms with Crippen LogP contribution in [0.4, 0.5) is 34.1 Å². The summed E-state index contributed by atoms with van der Waals surface area (Å²) in [6.45, 7) is 30.2. The van der Waals surface area contributed by atoms with Gasteiger partial charge in [0, 0.05) is 77.9 Å². The molecule has 5 heteroatoms. The number of fused-ring (bicyclic) bond motifs is 10. The van der Waals surface area contributed by atoms with Crippen LogP contribution < -0.4 is 26.2 Å². The molecule has 104 heavy (non-hydrogen) atoms. The summed E-state index contributed by atoms with van der Waals surface area (Å²) in [5.74, 6) is 0. The molecule has 4 nitrogen and oxygen atoms in total. The van der Waals surface area contributed by atoms with Crippen molar-refractivity contribution in [2.45, 2.75) is 137 Å². The lowest BCUT2D eigenvalue weighted by molar-refractivity contribution is 0.590. The van der Waals surface area contributed by atoms with Gasteiger partial charge >= 0.3 is 0 Å². The van der Waals surface area contributed by atoms with Crippen LogP contribution in [0.3, 0.4) is 0 Å². The van der Waals surface area contributed by atoms with Gasteiger partial charge in [-0.3, -0.25) is 0 Å². The van der Waals surface area contributed by atoms with E-state index in [0.717, 1.165) is 82.1 Å². The first-order valence-electron chi connectivity index (χ1n) is 37.8. The third kappa shape index (κ3) is 11.3. The van der Waals surface area contributed by atoms with Crippen molar-refractivity contribution in [3.63, 3.8) is 0 Å². The van der Waals surface area contributed by atoms with Crippen molar-refractivity contribution in [2.75, 3.05) is 9.80 Å². The Kier molecular flexibility index (Phi) is 16.1. The van der Waals surface area contributed by atoms with Crippen LogP contribution in [-0.2, 0) is 28.1 Å². The van der Waals surface area contributed by atoms with E-state index in [0.29, 0.717) is 0 Å². The minimum absolute atomic E-state index is 0.0457. The lowest BCUT2D eigenvalue weighted by atomic mass is 9.33. The Balaban J connectivity index is 1.03. The van der Waals surface area contributed by atoms with Crippen LogP contribution in [-0.4, -0.2) is 15.8 Å². The van der Waals surface area contributed by atoms with E-state index in [1.807, 2.05) is 0 Å². The predicted octanol–water partition coefficient (Wildman–Crippen LogP) is 25.6. The highest BCUT2D eigenvalue weighted by atomic mass is 15.2. The molecule has 2 aliphatic rings. The topological polar surface area (TPSA) is 16.3 Å². The van der Waals surface area contributed by atoms with Crippen molar-refractivity contribution in [3.05, 3.63) is 307 Å². The fourth-order valence-electron chi connectivity index (χ4n) is 16.9. The fraction of sp³-hybridized carbons (Fsp3) is 0.212. The van der Waals surface area contributed by atoms with E-state index in [4.69, 9.17) is 0 Å². The van der Waals surface area contributed by atoms with Crippen molar-refractivity contribution in [1.82, 2.24) is 9.13 Å². The van der Waals surface area contributed by atoms with Gasteiger partial charge in [0.15, 0.2) is 0 Å². The summed E-state index contributed by atoms with van der Waals surface area (Å²) >= 11 is 0. The smallest absolute Gasteiger partial charge is 0.252 e. The highest BCUT2D eigenvalue weighted by molar-refractivity contribution is 7.00. The molecule has 0 radical (unpaired) electrons. The van der Waals surface area contributed by atoms with Crippen molar-refractivity contribution < 1.29 is 0 Å². The maximum atomic E-state index is 2.74. The Morgan fingerprint density at radius 2 is 0.596 bits per heavy atom. The number of rotatable bonds is 12. The molecule has 0 bridgehead atoms. The molecular weight excluding hydrogens is 1260 g/mol. The fourth-order valence-corrected chi connectivity index (χ4v) is 16.9. The molecule has 512 valence electrons. The van der Waals surface area contributed by atoms with Crippen LogP contribution >= 0.6 is 0 Å². The zero-order valence-corrected chi connectivity index (χ0v) is 62.8. The van der Waals surface area contributed by atoms with E-state index in [1.54, 1.807) is 0 Å². The Labute approximate surface area is 616 Å². The van der Waals surface area contributed by atoms with Gasteiger partial charge in [-0.15, -0.1) is 0 Å². The lowest BCUT2D eigenvalue weighted by Gasteiger charge is -2.46. The van der Waals surface area contributed by atoms with Crippen molar-refractivity contribution >= 4 is 101 Å². The molecule has 0 unspecified atom stereocenters. The summed E-state index contributed by atoms with van der Waals surface area (Å²) in [6.07, 6.45) is 4.23. The number of aryl methyl sites for hydroxylation is 1. The van der Waals surface area contributed by atoms with Crippen LogP contribution in [0.15, 0.2) is 279 Å². The second-order valence-corrected chi connectivity index (χ2v) is 33.6. The van der Waals surface area contributed by atoms with E-state index >= 15 is 0 Å². The number of aromatic nitrogens is 2. The Morgan fingerprint density at radius 3 is 0.885 bits per heavy atom. The number of hydrogen-bond acceptors (Lipinski definition) is 2. The molecule has 0 fully saturated rings.